The van der Waals surface area contributed by atoms with Crippen molar-refractivity contribution in [2.45, 2.75) is 0 Å². The zero-order valence-corrected chi connectivity index (χ0v) is 15.1. The maximum Gasteiger partial charge on any atom is 0.270 e. The van der Waals surface area contributed by atoms with Crippen LogP contribution >= 0.6 is 22.7 Å². The molecule has 9 heteroatoms. The number of non-ortho nitro benzene ring substituents is 1. The average Bonchev–Trinajstić information content (AvgIpc) is 3.25. The van der Waals surface area contributed by atoms with Crippen LogP contribution < -0.4 is 10.2 Å². The number of rotatable bonds is 5. The van der Waals surface area contributed by atoms with Crippen LogP contribution in [0.1, 0.15) is 10.4 Å². The molecule has 0 aliphatic carbocycles. The lowest BCUT2D eigenvalue weighted by molar-refractivity contribution is -0.384. The third kappa shape index (κ3) is 3.67. The summed E-state index contributed by atoms with van der Waals surface area (Å²) in [6, 6.07) is 8.11. The van der Waals surface area contributed by atoms with Gasteiger partial charge in [0, 0.05) is 37.3 Å². The molecule has 0 spiro atoms. The van der Waals surface area contributed by atoms with Crippen molar-refractivity contribution in [3.63, 3.8) is 0 Å². The Kier molecular flexibility index (Phi) is 4.77. The highest BCUT2D eigenvalue weighted by atomic mass is 32.1. The van der Waals surface area contributed by atoms with E-state index in [0.29, 0.717) is 10.8 Å². The molecule has 7 nitrogen and oxygen atoms in total. The summed E-state index contributed by atoms with van der Waals surface area (Å²) in [6.07, 6.45) is 0. The number of nitrogens with zero attached hydrogens (tertiary/aromatic N) is 3. The minimum atomic E-state index is -0.519. The van der Waals surface area contributed by atoms with Gasteiger partial charge in [-0.2, -0.15) is 0 Å². The van der Waals surface area contributed by atoms with Crippen LogP contribution in [0.5, 0.6) is 0 Å². The number of hydrogen-bond acceptors (Lipinski definition) is 7. The molecule has 2 aromatic heterocycles. The fourth-order valence-electron chi connectivity index (χ4n) is 2.24. The molecule has 1 aromatic carbocycles. The second-order valence-corrected chi connectivity index (χ2v) is 7.13. The summed E-state index contributed by atoms with van der Waals surface area (Å²) in [5, 5.41) is 18.0. The molecule has 0 fully saturated rings. The predicted octanol–water partition coefficient (Wildman–Crippen LogP) is 4.10. The number of benzene rings is 1. The number of hydrogen-bond donors (Lipinski definition) is 1. The average molecular weight is 374 g/mol. The Balaban J connectivity index is 1.88. The number of carbonyl (C=O) groups is 1. The third-order valence-electron chi connectivity index (χ3n) is 3.42. The van der Waals surface area contributed by atoms with Crippen molar-refractivity contribution in [3.8, 4) is 10.6 Å². The van der Waals surface area contributed by atoms with Crippen LogP contribution in [-0.4, -0.2) is 29.9 Å². The number of thiophene rings is 1. The second-order valence-electron chi connectivity index (χ2n) is 5.32. The largest absolute Gasteiger partial charge is 0.377 e. The molecule has 1 amide bonds. The van der Waals surface area contributed by atoms with E-state index in [4.69, 9.17) is 0 Å². The lowest BCUT2D eigenvalue weighted by Crippen LogP contribution is -2.18. The van der Waals surface area contributed by atoms with Crippen molar-refractivity contribution < 1.29 is 9.72 Å². The van der Waals surface area contributed by atoms with E-state index in [1.165, 1.54) is 23.5 Å². The SMILES string of the molecule is CN(C)c1ccc([N+](=O)[O-])cc1C(=O)Nc1nc(-c2cccs2)cs1. The van der Waals surface area contributed by atoms with E-state index < -0.39 is 10.8 Å². The van der Waals surface area contributed by atoms with E-state index in [1.54, 1.807) is 36.4 Å². The van der Waals surface area contributed by atoms with Gasteiger partial charge in [0.1, 0.15) is 0 Å². The first-order chi connectivity index (χ1) is 12.0. The number of carbonyl (C=O) groups excluding carboxylic acids is 1. The first-order valence-corrected chi connectivity index (χ1v) is 8.98. The van der Waals surface area contributed by atoms with Gasteiger partial charge in [0.25, 0.3) is 11.6 Å². The van der Waals surface area contributed by atoms with Crippen LogP contribution in [0.3, 0.4) is 0 Å². The Bertz CT molecular complexity index is 919. The Morgan fingerprint density at radius 1 is 1.28 bits per heavy atom. The summed E-state index contributed by atoms with van der Waals surface area (Å²) < 4.78 is 0. The highest BCUT2D eigenvalue weighted by Gasteiger charge is 2.19. The zero-order chi connectivity index (χ0) is 18.0. The smallest absolute Gasteiger partial charge is 0.270 e. The molecular formula is C16H14N4O3S2. The van der Waals surface area contributed by atoms with E-state index in [-0.39, 0.29) is 11.3 Å². The van der Waals surface area contributed by atoms with Crippen LogP contribution in [0.4, 0.5) is 16.5 Å². The number of nitrogens with one attached hydrogen (secondary N) is 1. The van der Waals surface area contributed by atoms with Crippen molar-refractivity contribution in [3.05, 3.63) is 56.8 Å². The van der Waals surface area contributed by atoms with E-state index >= 15 is 0 Å². The standard InChI is InChI=1S/C16H14N4O3S2/c1-19(2)13-6-5-10(20(22)23)8-11(13)15(21)18-16-17-12(9-25-16)14-4-3-7-24-14/h3-9H,1-2H3,(H,17,18,21). The predicted molar refractivity (Wildman–Crippen MR) is 101 cm³/mol. The molecule has 1 N–H and O–H groups in total. The lowest BCUT2D eigenvalue weighted by atomic mass is 10.1. The quantitative estimate of drug-likeness (QED) is 0.536. The van der Waals surface area contributed by atoms with Crippen LogP contribution in [0.15, 0.2) is 41.1 Å². The molecule has 0 radical (unpaired) electrons. The van der Waals surface area contributed by atoms with Crippen molar-refractivity contribution in [1.29, 1.82) is 0 Å². The van der Waals surface area contributed by atoms with Crippen LogP contribution in [0.25, 0.3) is 10.6 Å². The Morgan fingerprint density at radius 3 is 2.72 bits per heavy atom. The Hall–Kier alpha value is -2.78. The molecule has 0 aliphatic heterocycles. The highest BCUT2D eigenvalue weighted by Crippen LogP contribution is 2.30. The van der Waals surface area contributed by atoms with Gasteiger partial charge in [0.05, 0.1) is 21.1 Å². The van der Waals surface area contributed by atoms with Gasteiger partial charge in [-0.3, -0.25) is 20.2 Å². The lowest BCUT2D eigenvalue weighted by Gasteiger charge is -2.16. The zero-order valence-electron chi connectivity index (χ0n) is 13.4. The molecule has 3 rings (SSSR count). The van der Waals surface area contributed by atoms with Gasteiger partial charge in [-0.25, -0.2) is 4.98 Å². The summed E-state index contributed by atoms with van der Waals surface area (Å²) in [5.74, 6) is -0.431. The normalized spacial score (nSPS) is 10.5. The summed E-state index contributed by atoms with van der Waals surface area (Å²) in [4.78, 5) is 30.2. The van der Waals surface area contributed by atoms with Gasteiger partial charge < -0.3 is 4.90 Å². The van der Waals surface area contributed by atoms with Crippen molar-refractivity contribution >= 4 is 45.1 Å². The molecule has 0 bridgehead atoms. The molecule has 0 saturated carbocycles. The molecule has 0 unspecified atom stereocenters. The van der Waals surface area contributed by atoms with E-state index in [1.807, 2.05) is 22.9 Å². The second kappa shape index (κ2) is 6.99. The molecule has 0 saturated heterocycles. The number of nitro groups is 1. The van der Waals surface area contributed by atoms with E-state index in [9.17, 15) is 14.9 Å². The molecule has 0 aliphatic rings. The molecule has 128 valence electrons. The summed E-state index contributed by atoms with van der Waals surface area (Å²) in [5.41, 5.74) is 1.49. The molecule has 25 heavy (non-hydrogen) atoms. The van der Waals surface area contributed by atoms with Crippen LogP contribution in [-0.2, 0) is 0 Å². The summed E-state index contributed by atoms with van der Waals surface area (Å²) in [7, 11) is 3.55. The molecule has 3 aromatic rings. The van der Waals surface area contributed by atoms with Gasteiger partial charge >= 0.3 is 0 Å². The summed E-state index contributed by atoms with van der Waals surface area (Å²) in [6.45, 7) is 0. The van der Waals surface area contributed by atoms with Crippen LogP contribution in [0.2, 0.25) is 0 Å². The van der Waals surface area contributed by atoms with Crippen LogP contribution in [0, 0.1) is 10.1 Å². The number of amides is 1. The van der Waals surface area contributed by atoms with Crippen molar-refractivity contribution in [2.24, 2.45) is 0 Å². The van der Waals surface area contributed by atoms with Gasteiger partial charge in [0.15, 0.2) is 5.13 Å². The number of anilines is 2. The third-order valence-corrected chi connectivity index (χ3v) is 5.07. The highest BCUT2D eigenvalue weighted by molar-refractivity contribution is 7.16. The van der Waals surface area contributed by atoms with Crippen molar-refractivity contribution in [1.82, 2.24) is 4.98 Å². The monoisotopic (exact) mass is 374 g/mol. The van der Waals surface area contributed by atoms with E-state index in [2.05, 4.69) is 10.3 Å². The Labute approximate surface area is 151 Å². The fourth-order valence-corrected chi connectivity index (χ4v) is 3.71. The fraction of sp³-hybridized carbons (Fsp3) is 0.125. The topological polar surface area (TPSA) is 88.4 Å². The van der Waals surface area contributed by atoms with Gasteiger partial charge in [0.2, 0.25) is 0 Å². The van der Waals surface area contributed by atoms with E-state index in [0.717, 1.165) is 10.6 Å². The number of aromatic nitrogens is 1. The molecule has 0 atom stereocenters. The van der Waals surface area contributed by atoms with Gasteiger partial charge in [-0.15, -0.1) is 22.7 Å². The Morgan fingerprint density at radius 2 is 2.08 bits per heavy atom. The van der Waals surface area contributed by atoms with Gasteiger partial charge in [-0.05, 0) is 17.5 Å². The molecule has 2 heterocycles. The first kappa shape index (κ1) is 17.1. The minimum absolute atomic E-state index is 0.130. The van der Waals surface area contributed by atoms with Crippen molar-refractivity contribution in [2.75, 3.05) is 24.3 Å². The maximum atomic E-state index is 12.6. The minimum Gasteiger partial charge on any atom is -0.377 e. The summed E-state index contributed by atoms with van der Waals surface area (Å²) >= 11 is 2.88. The number of nitro benzene ring substituents is 1. The first-order valence-electron chi connectivity index (χ1n) is 7.22. The number of thiazole rings is 1. The maximum absolute atomic E-state index is 12.6. The molecular weight excluding hydrogens is 360 g/mol. The van der Waals surface area contributed by atoms with Gasteiger partial charge in [-0.1, -0.05) is 6.07 Å².